The van der Waals surface area contributed by atoms with Gasteiger partial charge in [0.05, 0.1) is 0 Å². The molecule has 0 bridgehead atoms. The lowest BCUT2D eigenvalue weighted by atomic mass is 10.0. The van der Waals surface area contributed by atoms with Crippen molar-refractivity contribution < 1.29 is 0 Å². The van der Waals surface area contributed by atoms with Crippen LogP contribution >= 0.6 is 0 Å². The first kappa shape index (κ1) is 10.7. The minimum Gasteiger partial charge on any atom is -0.299 e. The summed E-state index contributed by atoms with van der Waals surface area (Å²) in [6.45, 7) is 10.5. The molecule has 0 spiro atoms. The van der Waals surface area contributed by atoms with Crippen LogP contribution in [0.2, 0.25) is 0 Å². The Morgan fingerprint density at radius 2 is 1.93 bits per heavy atom. The number of likely N-dealkylation sites (tertiary alicyclic amines) is 1. The summed E-state index contributed by atoms with van der Waals surface area (Å²) in [6.07, 6.45) is 1.37. The summed E-state index contributed by atoms with van der Waals surface area (Å²) in [7, 11) is 0. The van der Waals surface area contributed by atoms with Gasteiger partial charge >= 0.3 is 0 Å². The Morgan fingerprint density at radius 3 is 2.47 bits per heavy atom. The second-order valence-electron chi connectivity index (χ2n) is 5.00. The molecule has 1 aliphatic heterocycles. The van der Waals surface area contributed by atoms with E-state index in [1.54, 1.807) is 0 Å². The minimum absolute atomic E-state index is 0.884. The van der Waals surface area contributed by atoms with Crippen molar-refractivity contribution in [2.24, 2.45) is 5.92 Å². The summed E-state index contributed by atoms with van der Waals surface area (Å²) < 4.78 is 0. The van der Waals surface area contributed by atoms with Crippen LogP contribution in [0.4, 0.5) is 0 Å². The van der Waals surface area contributed by atoms with Crippen molar-refractivity contribution in [2.45, 2.75) is 33.7 Å². The van der Waals surface area contributed by atoms with Crippen molar-refractivity contribution in [3.63, 3.8) is 0 Å². The lowest BCUT2D eigenvalue weighted by molar-refractivity contribution is 0.319. The van der Waals surface area contributed by atoms with Crippen molar-refractivity contribution in [2.75, 3.05) is 13.1 Å². The second-order valence-corrected chi connectivity index (χ2v) is 5.00. The van der Waals surface area contributed by atoms with Crippen LogP contribution in [0.25, 0.3) is 0 Å². The number of aryl methyl sites for hydroxylation is 2. The predicted octanol–water partition coefficient (Wildman–Crippen LogP) is 3.15. The summed E-state index contributed by atoms with van der Waals surface area (Å²) in [4.78, 5) is 2.58. The van der Waals surface area contributed by atoms with Crippen LogP contribution in [0.5, 0.6) is 0 Å². The molecule has 1 heteroatoms. The molecule has 0 saturated carbocycles. The molecule has 1 aromatic carbocycles. The molecule has 1 saturated heterocycles. The van der Waals surface area contributed by atoms with Gasteiger partial charge in [0.1, 0.15) is 0 Å². The Balaban J connectivity index is 2.10. The molecule has 1 fully saturated rings. The standard InChI is InChI=1S/C14H21N/c1-11-7-8-15(9-11)10-14-12(2)5-4-6-13(14)3/h4-6,11H,7-10H2,1-3H3/t11-/m1/s1. The van der Waals surface area contributed by atoms with Gasteiger partial charge in [0.2, 0.25) is 0 Å². The van der Waals surface area contributed by atoms with Crippen LogP contribution in [0.3, 0.4) is 0 Å². The molecule has 1 nitrogen and oxygen atoms in total. The van der Waals surface area contributed by atoms with Gasteiger partial charge in [-0.2, -0.15) is 0 Å². The Bertz CT molecular complexity index is 323. The predicted molar refractivity (Wildman–Crippen MR) is 65.0 cm³/mol. The lowest BCUT2D eigenvalue weighted by Crippen LogP contribution is -2.20. The van der Waals surface area contributed by atoms with Gasteiger partial charge in [-0.05, 0) is 49.4 Å². The molecular formula is C14H21N. The molecule has 2 rings (SSSR count). The highest BCUT2D eigenvalue weighted by Gasteiger charge is 2.19. The normalized spacial score (nSPS) is 22.2. The van der Waals surface area contributed by atoms with E-state index in [0.717, 1.165) is 12.5 Å². The van der Waals surface area contributed by atoms with Gasteiger partial charge < -0.3 is 0 Å². The quantitative estimate of drug-likeness (QED) is 0.713. The maximum absolute atomic E-state index is 2.58. The first-order valence-corrected chi connectivity index (χ1v) is 5.94. The summed E-state index contributed by atoms with van der Waals surface area (Å²) in [5.74, 6) is 0.884. The molecule has 82 valence electrons. The van der Waals surface area contributed by atoms with E-state index in [1.165, 1.54) is 36.2 Å². The summed E-state index contributed by atoms with van der Waals surface area (Å²) in [5.41, 5.74) is 4.41. The van der Waals surface area contributed by atoms with Crippen LogP contribution in [0.1, 0.15) is 30.0 Å². The van der Waals surface area contributed by atoms with E-state index in [1.807, 2.05) is 0 Å². The highest BCUT2D eigenvalue weighted by molar-refractivity contribution is 5.33. The molecule has 1 atom stereocenters. The molecule has 1 heterocycles. The molecule has 0 amide bonds. The van der Waals surface area contributed by atoms with Gasteiger partial charge in [0.25, 0.3) is 0 Å². The third-order valence-electron chi connectivity index (χ3n) is 3.53. The van der Waals surface area contributed by atoms with Crippen LogP contribution in [0.15, 0.2) is 18.2 Å². The summed E-state index contributed by atoms with van der Waals surface area (Å²) in [6, 6.07) is 6.60. The molecule has 15 heavy (non-hydrogen) atoms. The van der Waals surface area contributed by atoms with Gasteiger partial charge in [-0.25, -0.2) is 0 Å². The first-order chi connectivity index (χ1) is 7.16. The number of rotatable bonds is 2. The van der Waals surface area contributed by atoms with E-state index < -0.39 is 0 Å². The molecule has 0 radical (unpaired) electrons. The van der Waals surface area contributed by atoms with Crippen LogP contribution in [0, 0.1) is 19.8 Å². The Hall–Kier alpha value is -0.820. The zero-order valence-corrected chi connectivity index (χ0v) is 10.1. The maximum Gasteiger partial charge on any atom is 0.0239 e. The van der Waals surface area contributed by atoms with Gasteiger partial charge in [0.15, 0.2) is 0 Å². The second kappa shape index (κ2) is 4.36. The maximum atomic E-state index is 2.58. The van der Waals surface area contributed by atoms with Crippen molar-refractivity contribution in [1.82, 2.24) is 4.90 Å². The monoisotopic (exact) mass is 203 g/mol. The van der Waals surface area contributed by atoms with E-state index >= 15 is 0 Å². The van der Waals surface area contributed by atoms with E-state index in [0.29, 0.717) is 0 Å². The van der Waals surface area contributed by atoms with Crippen molar-refractivity contribution in [3.8, 4) is 0 Å². The lowest BCUT2D eigenvalue weighted by Gasteiger charge is -2.18. The Labute approximate surface area is 93.1 Å². The van der Waals surface area contributed by atoms with Crippen LogP contribution in [-0.4, -0.2) is 18.0 Å². The van der Waals surface area contributed by atoms with Gasteiger partial charge in [0, 0.05) is 13.1 Å². The molecule has 0 aliphatic carbocycles. The van der Waals surface area contributed by atoms with Crippen molar-refractivity contribution in [1.29, 1.82) is 0 Å². The number of hydrogen-bond acceptors (Lipinski definition) is 1. The molecule has 0 aromatic heterocycles. The molecule has 1 aromatic rings. The van der Waals surface area contributed by atoms with Crippen LogP contribution in [-0.2, 0) is 6.54 Å². The fraction of sp³-hybridized carbons (Fsp3) is 0.571. The number of benzene rings is 1. The fourth-order valence-electron chi connectivity index (χ4n) is 2.49. The number of nitrogens with zero attached hydrogens (tertiary/aromatic N) is 1. The Kier molecular flexibility index (Phi) is 3.11. The third-order valence-corrected chi connectivity index (χ3v) is 3.53. The van der Waals surface area contributed by atoms with E-state index in [-0.39, 0.29) is 0 Å². The third kappa shape index (κ3) is 2.40. The highest BCUT2D eigenvalue weighted by atomic mass is 15.1. The van der Waals surface area contributed by atoms with Gasteiger partial charge in [-0.3, -0.25) is 4.90 Å². The molecule has 1 aliphatic rings. The van der Waals surface area contributed by atoms with Crippen molar-refractivity contribution in [3.05, 3.63) is 34.9 Å². The highest BCUT2D eigenvalue weighted by Crippen LogP contribution is 2.21. The van der Waals surface area contributed by atoms with Gasteiger partial charge in [-0.15, -0.1) is 0 Å². The minimum atomic E-state index is 0.884. The first-order valence-electron chi connectivity index (χ1n) is 5.94. The van der Waals surface area contributed by atoms with E-state index in [2.05, 4.69) is 43.9 Å². The smallest absolute Gasteiger partial charge is 0.0239 e. The largest absolute Gasteiger partial charge is 0.299 e. The topological polar surface area (TPSA) is 3.24 Å². The average molecular weight is 203 g/mol. The number of hydrogen-bond donors (Lipinski definition) is 0. The van der Waals surface area contributed by atoms with Crippen LogP contribution < -0.4 is 0 Å². The molecule has 0 N–H and O–H groups in total. The molecule has 0 unspecified atom stereocenters. The SMILES string of the molecule is Cc1cccc(C)c1CN1CC[C@@H](C)C1. The van der Waals surface area contributed by atoms with E-state index in [4.69, 9.17) is 0 Å². The fourth-order valence-corrected chi connectivity index (χ4v) is 2.49. The van der Waals surface area contributed by atoms with Gasteiger partial charge in [-0.1, -0.05) is 25.1 Å². The summed E-state index contributed by atoms with van der Waals surface area (Å²) >= 11 is 0. The zero-order valence-electron chi connectivity index (χ0n) is 10.1. The summed E-state index contributed by atoms with van der Waals surface area (Å²) in [5, 5.41) is 0. The Morgan fingerprint density at radius 1 is 1.27 bits per heavy atom. The zero-order chi connectivity index (χ0) is 10.8. The van der Waals surface area contributed by atoms with E-state index in [9.17, 15) is 0 Å². The molecular weight excluding hydrogens is 182 g/mol. The average Bonchev–Trinajstić information content (AvgIpc) is 2.58. The van der Waals surface area contributed by atoms with Crippen molar-refractivity contribution >= 4 is 0 Å².